The third-order valence-electron chi connectivity index (χ3n) is 3.83. The van der Waals surface area contributed by atoms with Crippen molar-refractivity contribution < 1.29 is 9.53 Å². The van der Waals surface area contributed by atoms with Gasteiger partial charge in [0.25, 0.3) is 0 Å². The van der Waals surface area contributed by atoms with E-state index in [1.54, 1.807) is 11.1 Å². The molecule has 7 nitrogen and oxygen atoms in total. The predicted octanol–water partition coefficient (Wildman–Crippen LogP) is 2.38. The molecule has 0 atom stereocenters. The minimum absolute atomic E-state index is 0. The van der Waals surface area contributed by atoms with Gasteiger partial charge in [-0.1, -0.05) is 6.07 Å². The monoisotopic (exact) mass is 461 g/mol. The number of piperidine rings is 1. The lowest BCUT2D eigenvalue weighted by Gasteiger charge is -2.32. The highest BCUT2D eigenvalue weighted by Crippen LogP contribution is 2.11. The van der Waals surface area contributed by atoms with Crippen molar-refractivity contribution in [3.8, 4) is 0 Å². The third kappa shape index (κ3) is 7.45. The van der Waals surface area contributed by atoms with Crippen molar-refractivity contribution in [3.63, 3.8) is 0 Å². The minimum Gasteiger partial charge on any atom is -0.450 e. The molecule has 0 spiro atoms. The Balaban J connectivity index is 0.00000312. The maximum absolute atomic E-state index is 11.7. The lowest BCUT2D eigenvalue weighted by molar-refractivity contribution is 0.0963. The molecule has 1 aromatic heterocycles. The molecule has 0 radical (unpaired) electrons. The quantitative estimate of drug-likeness (QED) is 0.400. The zero-order valence-corrected chi connectivity index (χ0v) is 17.2. The van der Waals surface area contributed by atoms with Crippen molar-refractivity contribution in [2.75, 3.05) is 26.2 Å². The summed E-state index contributed by atoms with van der Waals surface area (Å²) in [5.74, 6) is 0.790. The Hall–Kier alpha value is -1.58. The van der Waals surface area contributed by atoms with Crippen molar-refractivity contribution in [3.05, 3.63) is 30.1 Å². The molecule has 1 fully saturated rings. The Kier molecular flexibility index (Phi) is 10.2. The van der Waals surface area contributed by atoms with Gasteiger partial charge in [-0.2, -0.15) is 0 Å². The van der Waals surface area contributed by atoms with E-state index < -0.39 is 0 Å². The number of amides is 1. The van der Waals surface area contributed by atoms with Crippen LogP contribution in [0, 0.1) is 0 Å². The average molecular weight is 461 g/mol. The van der Waals surface area contributed by atoms with Crippen LogP contribution in [-0.4, -0.2) is 54.2 Å². The highest BCUT2D eigenvalue weighted by molar-refractivity contribution is 14.0. The van der Waals surface area contributed by atoms with Crippen LogP contribution in [0.15, 0.2) is 29.4 Å². The predicted molar refractivity (Wildman–Crippen MR) is 109 cm³/mol. The van der Waals surface area contributed by atoms with Crippen LogP contribution in [0.25, 0.3) is 0 Å². The molecule has 1 aliphatic rings. The van der Waals surface area contributed by atoms with Gasteiger partial charge in [-0.3, -0.25) is 4.98 Å². The molecule has 0 aromatic carbocycles. The largest absolute Gasteiger partial charge is 0.450 e. The number of guanidine groups is 1. The first-order valence-corrected chi connectivity index (χ1v) is 8.59. The molecule has 0 aliphatic carbocycles. The highest BCUT2D eigenvalue weighted by Gasteiger charge is 2.23. The minimum atomic E-state index is -0.216. The topological polar surface area (TPSA) is 78.9 Å². The smallest absolute Gasteiger partial charge is 0.409 e. The summed E-state index contributed by atoms with van der Waals surface area (Å²) in [5.41, 5.74) is 0.937. The molecule has 2 N–H and O–H groups in total. The van der Waals surface area contributed by atoms with Gasteiger partial charge in [0, 0.05) is 31.9 Å². The zero-order valence-electron chi connectivity index (χ0n) is 14.9. The van der Waals surface area contributed by atoms with E-state index in [4.69, 9.17) is 4.74 Å². The first-order chi connectivity index (χ1) is 11.7. The number of aliphatic imine (C=N–C) groups is 1. The fourth-order valence-corrected chi connectivity index (χ4v) is 2.59. The summed E-state index contributed by atoms with van der Waals surface area (Å²) in [4.78, 5) is 22.4. The Morgan fingerprint density at radius 2 is 2.12 bits per heavy atom. The fourth-order valence-electron chi connectivity index (χ4n) is 2.59. The van der Waals surface area contributed by atoms with E-state index in [9.17, 15) is 4.79 Å². The molecule has 8 heteroatoms. The van der Waals surface area contributed by atoms with E-state index in [0.717, 1.165) is 31.0 Å². The van der Waals surface area contributed by atoms with Crippen LogP contribution in [0.4, 0.5) is 4.79 Å². The summed E-state index contributed by atoms with van der Waals surface area (Å²) in [6.45, 7) is 7.04. The van der Waals surface area contributed by atoms with Crippen LogP contribution in [0.2, 0.25) is 0 Å². The number of aromatic nitrogens is 1. The molecular weight excluding hydrogens is 433 g/mol. The molecular formula is C17H28IN5O2. The number of nitrogens with one attached hydrogen (secondary N) is 2. The fraction of sp³-hybridized carbons (Fsp3) is 0.588. The van der Waals surface area contributed by atoms with Crippen molar-refractivity contribution in [2.24, 2.45) is 4.99 Å². The van der Waals surface area contributed by atoms with E-state index in [2.05, 4.69) is 20.6 Å². The second-order valence-electron chi connectivity index (χ2n) is 5.62. The van der Waals surface area contributed by atoms with Gasteiger partial charge in [-0.05, 0) is 38.8 Å². The molecule has 2 heterocycles. The second kappa shape index (κ2) is 11.9. The number of rotatable bonds is 5. The molecule has 140 valence electrons. The van der Waals surface area contributed by atoms with Crippen LogP contribution in [-0.2, 0) is 11.3 Å². The molecule has 1 aliphatic heterocycles. The number of carbonyl (C=O) groups is 1. The van der Waals surface area contributed by atoms with Crippen molar-refractivity contribution >= 4 is 36.0 Å². The lowest BCUT2D eigenvalue weighted by atomic mass is 10.1. The van der Waals surface area contributed by atoms with E-state index in [-0.39, 0.29) is 30.1 Å². The number of likely N-dealkylation sites (tertiary alicyclic amines) is 1. The van der Waals surface area contributed by atoms with Gasteiger partial charge in [-0.25, -0.2) is 9.79 Å². The Morgan fingerprint density at radius 1 is 1.36 bits per heavy atom. The van der Waals surface area contributed by atoms with E-state index >= 15 is 0 Å². The highest BCUT2D eigenvalue weighted by atomic mass is 127. The lowest BCUT2D eigenvalue weighted by Crippen LogP contribution is -2.49. The van der Waals surface area contributed by atoms with Gasteiger partial charge < -0.3 is 20.3 Å². The summed E-state index contributed by atoms with van der Waals surface area (Å²) in [5, 5.41) is 6.71. The summed E-state index contributed by atoms with van der Waals surface area (Å²) < 4.78 is 5.05. The Morgan fingerprint density at radius 3 is 2.72 bits per heavy atom. The molecule has 0 saturated carbocycles. The van der Waals surface area contributed by atoms with Gasteiger partial charge in [0.2, 0.25) is 0 Å². The van der Waals surface area contributed by atoms with Gasteiger partial charge in [0.05, 0.1) is 18.8 Å². The normalized spacial score (nSPS) is 15.3. The summed E-state index contributed by atoms with van der Waals surface area (Å²) in [7, 11) is 0. The standard InChI is InChI=1S/C17H27N5O2.HI/c1-3-18-16(20-13-15-7-5-6-10-19-15)21-14-8-11-22(12-9-14)17(23)24-4-2;/h5-7,10,14H,3-4,8-9,11-13H2,1-2H3,(H2,18,20,21);1H. The number of ether oxygens (including phenoxy) is 1. The van der Waals surface area contributed by atoms with Crippen LogP contribution in [0.5, 0.6) is 0 Å². The number of hydrogen-bond donors (Lipinski definition) is 2. The maximum atomic E-state index is 11.7. The number of hydrogen-bond acceptors (Lipinski definition) is 4. The van der Waals surface area contributed by atoms with E-state index in [1.807, 2.05) is 32.0 Å². The first kappa shape index (κ1) is 21.5. The zero-order chi connectivity index (χ0) is 17.2. The van der Waals surface area contributed by atoms with Crippen LogP contribution >= 0.6 is 24.0 Å². The second-order valence-corrected chi connectivity index (χ2v) is 5.62. The average Bonchev–Trinajstić information content (AvgIpc) is 2.61. The number of halogens is 1. The molecule has 0 unspecified atom stereocenters. The molecule has 1 amide bonds. The SMILES string of the molecule is CCNC(=NCc1ccccn1)NC1CCN(C(=O)OCC)CC1.I. The van der Waals surface area contributed by atoms with Crippen LogP contribution in [0.3, 0.4) is 0 Å². The van der Waals surface area contributed by atoms with E-state index in [0.29, 0.717) is 32.3 Å². The van der Waals surface area contributed by atoms with Gasteiger partial charge >= 0.3 is 6.09 Å². The van der Waals surface area contributed by atoms with Crippen molar-refractivity contribution in [1.29, 1.82) is 0 Å². The number of pyridine rings is 1. The molecule has 0 bridgehead atoms. The van der Waals surface area contributed by atoms with Gasteiger partial charge in [-0.15, -0.1) is 24.0 Å². The molecule has 1 saturated heterocycles. The van der Waals surface area contributed by atoms with Gasteiger partial charge in [0.1, 0.15) is 0 Å². The number of nitrogens with zero attached hydrogens (tertiary/aromatic N) is 3. The summed E-state index contributed by atoms with van der Waals surface area (Å²) in [6.07, 6.45) is 3.32. The molecule has 25 heavy (non-hydrogen) atoms. The van der Waals surface area contributed by atoms with Crippen LogP contribution < -0.4 is 10.6 Å². The van der Waals surface area contributed by atoms with E-state index in [1.165, 1.54) is 0 Å². The number of carbonyl (C=O) groups excluding carboxylic acids is 1. The summed E-state index contributed by atoms with van der Waals surface area (Å²) >= 11 is 0. The first-order valence-electron chi connectivity index (χ1n) is 8.59. The van der Waals surface area contributed by atoms with Gasteiger partial charge in [0.15, 0.2) is 5.96 Å². The third-order valence-corrected chi connectivity index (χ3v) is 3.83. The Bertz CT molecular complexity index is 533. The van der Waals surface area contributed by atoms with Crippen molar-refractivity contribution in [1.82, 2.24) is 20.5 Å². The van der Waals surface area contributed by atoms with Crippen LogP contribution in [0.1, 0.15) is 32.4 Å². The maximum Gasteiger partial charge on any atom is 0.409 e. The molecule has 1 aromatic rings. The summed E-state index contributed by atoms with van der Waals surface area (Å²) in [6, 6.07) is 6.12. The Labute approximate surface area is 166 Å². The molecule has 2 rings (SSSR count). The van der Waals surface area contributed by atoms with Crippen molar-refractivity contribution in [2.45, 2.75) is 39.3 Å².